The normalized spacial score (nSPS) is 10.9. The smallest absolute Gasteiger partial charge is 0.252 e. The molecule has 0 heterocycles. The van der Waals surface area contributed by atoms with E-state index < -0.39 is 5.54 Å². The van der Waals surface area contributed by atoms with Gasteiger partial charge >= 0.3 is 0 Å². The highest BCUT2D eigenvalue weighted by Crippen LogP contribution is 2.24. The molecule has 0 radical (unpaired) electrons. The van der Waals surface area contributed by atoms with Crippen LogP contribution in [0.2, 0.25) is 0 Å². The third kappa shape index (κ3) is 3.58. The highest BCUT2D eigenvalue weighted by Gasteiger charge is 2.23. The van der Waals surface area contributed by atoms with Crippen molar-refractivity contribution < 1.29 is 14.3 Å². The van der Waals surface area contributed by atoms with Gasteiger partial charge in [0.2, 0.25) is 0 Å². The third-order valence-corrected chi connectivity index (χ3v) is 3.54. The molecule has 2 aromatic carbocycles. The van der Waals surface area contributed by atoms with Crippen LogP contribution >= 0.6 is 0 Å². The Morgan fingerprint density at radius 1 is 0.955 bits per heavy atom. The van der Waals surface area contributed by atoms with Crippen LogP contribution in [0.3, 0.4) is 0 Å². The van der Waals surface area contributed by atoms with Crippen LogP contribution in [0.15, 0.2) is 48.5 Å². The Balaban J connectivity index is 2.25. The fourth-order valence-corrected chi connectivity index (χ4v) is 2.22. The van der Waals surface area contributed by atoms with Crippen molar-refractivity contribution in [2.75, 3.05) is 14.2 Å². The molecule has 0 atom stereocenters. The number of methoxy groups -OCH3 is 2. The molecular weight excluding hydrogens is 278 g/mol. The predicted octanol–water partition coefficient (Wildman–Crippen LogP) is 3.37. The summed E-state index contributed by atoms with van der Waals surface area (Å²) in [6.07, 6.45) is 0. The van der Waals surface area contributed by atoms with E-state index in [4.69, 9.17) is 9.47 Å². The van der Waals surface area contributed by atoms with Gasteiger partial charge < -0.3 is 14.8 Å². The summed E-state index contributed by atoms with van der Waals surface area (Å²) < 4.78 is 10.4. The molecule has 4 heteroatoms. The van der Waals surface area contributed by atoms with Crippen LogP contribution in [0, 0.1) is 0 Å². The standard InChI is InChI=1S/C18H21NO3/c1-18(2,14-8-6-5-7-9-14)19-17(20)13-10-15(21-3)12-16(11-13)22-4/h5-12H,1-4H3,(H,19,20). The summed E-state index contributed by atoms with van der Waals surface area (Å²) in [5.74, 6) is 0.995. The molecule has 0 saturated heterocycles. The van der Waals surface area contributed by atoms with Crippen LogP contribution in [0.1, 0.15) is 29.8 Å². The maximum absolute atomic E-state index is 12.5. The number of nitrogens with one attached hydrogen (secondary N) is 1. The van der Waals surface area contributed by atoms with E-state index in [-0.39, 0.29) is 5.91 Å². The molecular formula is C18H21NO3. The lowest BCUT2D eigenvalue weighted by atomic mass is 9.94. The first kappa shape index (κ1) is 15.9. The molecule has 2 rings (SSSR count). The van der Waals surface area contributed by atoms with E-state index in [2.05, 4.69) is 5.32 Å². The van der Waals surface area contributed by atoms with Crippen molar-refractivity contribution in [3.63, 3.8) is 0 Å². The molecule has 0 saturated carbocycles. The maximum atomic E-state index is 12.5. The van der Waals surface area contributed by atoms with Crippen LogP contribution in [-0.4, -0.2) is 20.1 Å². The lowest BCUT2D eigenvalue weighted by molar-refractivity contribution is 0.0911. The summed E-state index contributed by atoms with van der Waals surface area (Å²) in [5, 5.41) is 3.04. The summed E-state index contributed by atoms with van der Waals surface area (Å²) >= 11 is 0. The zero-order chi connectivity index (χ0) is 16.2. The first-order valence-electron chi connectivity index (χ1n) is 7.07. The fraction of sp³-hybridized carbons (Fsp3) is 0.278. The van der Waals surface area contributed by atoms with Gasteiger partial charge in [0.15, 0.2) is 0 Å². The Morgan fingerprint density at radius 2 is 1.50 bits per heavy atom. The van der Waals surface area contributed by atoms with Gasteiger partial charge in [0.05, 0.1) is 19.8 Å². The van der Waals surface area contributed by atoms with Crippen molar-refractivity contribution >= 4 is 5.91 Å². The number of ether oxygens (including phenoxy) is 2. The first-order chi connectivity index (χ1) is 10.5. The summed E-state index contributed by atoms with van der Waals surface area (Å²) in [4.78, 5) is 12.5. The zero-order valence-corrected chi connectivity index (χ0v) is 13.3. The molecule has 4 nitrogen and oxygen atoms in total. The van der Waals surface area contributed by atoms with Gasteiger partial charge in [-0.1, -0.05) is 30.3 Å². The molecule has 2 aromatic rings. The van der Waals surface area contributed by atoms with Crippen LogP contribution < -0.4 is 14.8 Å². The van der Waals surface area contributed by atoms with Gasteiger partial charge in [-0.25, -0.2) is 0 Å². The van der Waals surface area contributed by atoms with Gasteiger partial charge in [-0.15, -0.1) is 0 Å². The van der Waals surface area contributed by atoms with Gasteiger partial charge in [0, 0.05) is 11.6 Å². The van der Waals surface area contributed by atoms with Gasteiger partial charge in [0.1, 0.15) is 11.5 Å². The van der Waals surface area contributed by atoms with Gasteiger partial charge in [-0.2, -0.15) is 0 Å². The lowest BCUT2D eigenvalue weighted by Gasteiger charge is -2.27. The molecule has 0 aromatic heterocycles. The number of benzene rings is 2. The van der Waals surface area contributed by atoms with E-state index in [0.717, 1.165) is 5.56 Å². The molecule has 116 valence electrons. The van der Waals surface area contributed by atoms with Crippen LogP contribution in [0.4, 0.5) is 0 Å². The van der Waals surface area contributed by atoms with Gasteiger partial charge in [0.25, 0.3) is 5.91 Å². The van der Waals surface area contributed by atoms with Crippen molar-refractivity contribution in [3.8, 4) is 11.5 Å². The number of hydrogen-bond acceptors (Lipinski definition) is 3. The average Bonchev–Trinajstić information content (AvgIpc) is 2.54. The number of amides is 1. The maximum Gasteiger partial charge on any atom is 0.252 e. The second-order valence-electron chi connectivity index (χ2n) is 5.55. The van der Waals surface area contributed by atoms with E-state index in [1.165, 1.54) is 0 Å². The molecule has 1 N–H and O–H groups in total. The Kier molecular flexibility index (Phi) is 4.71. The van der Waals surface area contributed by atoms with E-state index in [1.807, 2.05) is 44.2 Å². The molecule has 0 aliphatic heterocycles. The number of carbonyl (C=O) groups is 1. The minimum atomic E-state index is -0.478. The quantitative estimate of drug-likeness (QED) is 0.921. The second kappa shape index (κ2) is 6.52. The van der Waals surface area contributed by atoms with Crippen molar-refractivity contribution in [3.05, 3.63) is 59.7 Å². The van der Waals surface area contributed by atoms with Crippen molar-refractivity contribution in [2.24, 2.45) is 0 Å². The molecule has 1 amide bonds. The molecule has 0 aliphatic carbocycles. The summed E-state index contributed by atoms with van der Waals surface area (Å²) in [7, 11) is 3.12. The topological polar surface area (TPSA) is 47.6 Å². The van der Waals surface area contributed by atoms with Gasteiger partial charge in [-0.05, 0) is 31.5 Å². The monoisotopic (exact) mass is 299 g/mol. The second-order valence-corrected chi connectivity index (χ2v) is 5.55. The highest BCUT2D eigenvalue weighted by molar-refractivity contribution is 5.95. The number of rotatable bonds is 5. The van der Waals surface area contributed by atoms with Crippen LogP contribution in [0.5, 0.6) is 11.5 Å². The Bertz CT molecular complexity index is 628. The minimum absolute atomic E-state index is 0.175. The van der Waals surface area contributed by atoms with Gasteiger partial charge in [-0.3, -0.25) is 4.79 Å². The molecule has 0 bridgehead atoms. The van der Waals surface area contributed by atoms with Crippen molar-refractivity contribution in [1.29, 1.82) is 0 Å². The average molecular weight is 299 g/mol. The highest BCUT2D eigenvalue weighted by atomic mass is 16.5. The lowest BCUT2D eigenvalue weighted by Crippen LogP contribution is -2.40. The van der Waals surface area contributed by atoms with E-state index in [0.29, 0.717) is 17.1 Å². The number of hydrogen-bond donors (Lipinski definition) is 1. The zero-order valence-electron chi connectivity index (χ0n) is 13.3. The third-order valence-electron chi connectivity index (χ3n) is 3.54. The summed E-state index contributed by atoms with van der Waals surface area (Å²) in [6, 6.07) is 15.0. The van der Waals surface area contributed by atoms with E-state index in [9.17, 15) is 4.79 Å². The number of carbonyl (C=O) groups excluding carboxylic acids is 1. The summed E-state index contributed by atoms with van der Waals surface area (Å²) in [6.45, 7) is 3.94. The van der Waals surface area contributed by atoms with E-state index >= 15 is 0 Å². The first-order valence-corrected chi connectivity index (χ1v) is 7.07. The Labute approximate surface area is 131 Å². The largest absolute Gasteiger partial charge is 0.497 e. The van der Waals surface area contributed by atoms with Crippen LogP contribution in [0.25, 0.3) is 0 Å². The molecule has 0 fully saturated rings. The molecule has 0 spiro atoms. The predicted molar refractivity (Wildman–Crippen MR) is 86.5 cm³/mol. The van der Waals surface area contributed by atoms with E-state index in [1.54, 1.807) is 32.4 Å². The van der Waals surface area contributed by atoms with Crippen molar-refractivity contribution in [2.45, 2.75) is 19.4 Å². The minimum Gasteiger partial charge on any atom is -0.497 e. The fourth-order valence-electron chi connectivity index (χ4n) is 2.22. The molecule has 22 heavy (non-hydrogen) atoms. The molecule has 0 aliphatic rings. The SMILES string of the molecule is COc1cc(OC)cc(C(=O)NC(C)(C)c2ccccc2)c1. The summed E-state index contributed by atoms with van der Waals surface area (Å²) in [5.41, 5.74) is 1.06. The van der Waals surface area contributed by atoms with Crippen molar-refractivity contribution in [1.82, 2.24) is 5.32 Å². The Hall–Kier alpha value is -2.49. The van der Waals surface area contributed by atoms with Crippen LogP contribution in [-0.2, 0) is 5.54 Å². The Morgan fingerprint density at radius 3 is 2.00 bits per heavy atom. The molecule has 0 unspecified atom stereocenters.